The van der Waals surface area contributed by atoms with Crippen LogP contribution in [0.25, 0.3) is 11.4 Å². The molecule has 0 spiro atoms. The molecule has 1 aliphatic carbocycles. The molecular formula is C14H16N4O2. The van der Waals surface area contributed by atoms with E-state index in [1.807, 2.05) is 0 Å². The first-order valence-corrected chi connectivity index (χ1v) is 6.64. The van der Waals surface area contributed by atoms with Gasteiger partial charge in [-0.05, 0) is 30.9 Å². The van der Waals surface area contributed by atoms with E-state index in [2.05, 4.69) is 20.0 Å². The van der Waals surface area contributed by atoms with Crippen molar-refractivity contribution in [1.82, 2.24) is 15.5 Å². The van der Waals surface area contributed by atoms with E-state index in [9.17, 15) is 4.79 Å². The predicted octanol–water partition coefficient (Wildman–Crippen LogP) is 1.20. The van der Waals surface area contributed by atoms with Gasteiger partial charge in [0, 0.05) is 23.7 Å². The molecule has 6 nitrogen and oxygen atoms in total. The Labute approximate surface area is 116 Å². The Balaban J connectivity index is 1.60. The van der Waals surface area contributed by atoms with Crippen LogP contribution < -0.4 is 11.1 Å². The maximum absolute atomic E-state index is 12.0. The summed E-state index contributed by atoms with van der Waals surface area (Å²) in [5.41, 5.74) is 7.36. The van der Waals surface area contributed by atoms with Gasteiger partial charge in [0.25, 0.3) is 5.91 Å². The van der Waals surface area contributed by atoms with E-state index in [-0.39, 0.29) is 11.9 Å². The van der Waals surface area contributed by atoms with Crippen LogP contribution in [0, 0.1) is 5.92 Å². The van der Waals surface area contributed by atoms with E-state index >= 15 is 0 Å². The molecule has 1 atom stereocenters. The third kappa shape index (κ3) is 2.85. The number of nitrogens with zero attached hydrogens (tertiary/aromatic N) is 2. The van der Waals surface area contributed by atoms with Crippen LogP contribution >= 0.6 is 0 Å². The van der Waals surface area contributed by atoms with Gasteiger partial charge in [0.2, 0.25) is 12.2 Å². The number of hydrogen-bond donors (Lipinski definition) is 2. The summed E-state index contributed by atoms with van der Waals surface area (Å²) in [6.45, 7) is 0.524. The first kappa shape index (κ1) is 12.8. The number of carbonyl (C=O) groups is 1. The van der Waals surface area contributed by atoms with Crippen molar-refractivity contribution < 1.29 is 9.32 Å². The van der Waals surface area contributed by atoms with Crippen molar-refractivity contribution in [3.8, 4) is 11.4 Å². The lowest BCUT2D eigenvalue weighted by Gasteiger charge is -2.11. The van der Waals surface area contributed by atoms with Gasteiger partial charge in [-0.1, -0.05) is 17.3 Å². The fourth-order valence-electron chi connectivity index (χ4n) is 2.07. The molecule has 0 saturated heterocycles. The van der Waals surface area contributed by atoms with Gasteiger partial charge in [0.05, 0.1) is 0 Å². The van der Waals surface area contributed by atoms with Crippen LogP contribution in [0.5, 0.6) is 0 Å². The van der Waals surface area contributed by atoms with Crippen molar-refractivity contribution in [3.05, 3.63) is 36.2 Å². The number of nitrogens with two attached hydrogens (primary N) is 1. The SMILES string of the molecule is NC(CNC(=O)c1ccc(-c2ncon2)cc1)C1CC1. The zero-order valence-corrected chi connectivity index (χ0v) is 11.0. The molecule has 1 heterocycles. The lowest BCUT2D eigenvalue weighted by atomic mass is 10.1. The number of benzene rings is 1. The molecule has 3 rings (SSSR count). The first-order chi connectivity index (χ1) is 9.74. The van der Waals surface area contributed by atoms with Crippen molar-refractivity contribution in [2.45, 2.75) is 18.9 Å². The molecule has 20 heavy (non-hydrogen) atoms. The van der Waals surface area contributed by atoms with Crippen LogP contribution in [0.15, 0.2) is 35.2 Å². The third-order valence-corrected chi connectivity index (χ3v) is 3.49. The molecule has 0 aliphatic heterocycles. The van der Waals surface area contributed by atoms with Gasteiger partial charge in [-0.2, -0.15) is 4.98 Å². The van der Waals surface area contributed by atoms with Crippen LogP contribution in [0.3, 0.4) is 0 Å². The highest BCUT2D eigenvalue weighted by atomic mass is 16.5. The summed E-state index contributed by atoms with van der Waals surface area (Å²) in [5.74, 6) is 0.976. The molecule has 2 aromatic rings. The second-order valence-electron chi connectivity index (χ2n) is 5.04. The number of hydrogen-bond acceptors (Lipinski definition) is 5. The van der Waals surface area contributed by atoms with E-state index in [0.717, 1.165) is 5.56 Å². The maximum atomic E-state index is 12.0. The number of nitrogens with one attached hydrogen (secondary N) is 1. The zero-order valence-electron chi connectivity index (χ0n) is 11.0. The molecule has 1 aromatic carbocycles. The maximum Gasteiger partial charge on any atom is 0.251 e. The highest BCUT2D eigenvalue weighted by molar-refractivity contribution is 5.94. The zero-order chi connectivity index (χ0) is 13.9. The molecule has 1 fully saturated rings. The average Bonchev–Trinajstić information content (AvgIpc) is 3.19. The summed E-state index contributed by atoms with van der Waals surface area (Å²) in [6.07, 6.45) is 3.63. The van der Waals surface area contributed by atoms with Crippen molar-refractivity contribution in [2.75, 3.05) is 6.54 Å². The monoisotopic (exact) mass is 272 g/mol. The van der Waals surface area contributed by atoms with E-state index in [4.69, 9.17) is 5.73 Å². The molecule has 1 aliphatic rings. The summed E-state index contributed by atoms with van der Waals surface area (Å²) in [4.78, 5) is 15.9. The topological polar surface area (TPSA) is 94.0 Å². The van der Waals surface area contributed by atoms with Crippen LogP contribution in [0.2, 0.25) is 0 Å². The summed E-state index contributed by atoms with van der Waals surface area (Å²) in [7, 11) is 0. The van der Waals surface area contributed by atoms with Crippen molar-refractivity contribution in [3.63, 3.8) is 0 Å². The Morgan fingerprint density at radius 1 is 1.40 bits per heavy atom. The normalized spacial score (nSPS) is 15.8. The summed E-state index contributed by atoms with van der Waals surface area (Å²) < 4.78 is 4.69. The largest absolute Gasteiger partial charge is 0.350 e. The predicted molar refractivity (Wildman–Crippen MR) is 72.8 cm³/mol. The molecule has 1 amide bonds. The Kier molecular flexibility index (Phi) is 3.47. The number of rotatable bonds is 5. The lowest BCUT2D eigenvalue weighted by Crippen LogP contribution is -2.38. The molecule has 0 radical (unpaired) electrons. The van der Waals surface area contributed by atoms with Crippen LogP contribution in [0.1, 0.15) is 23.2 Å². The van der Waals surface area contributed by atoms with Gasteiger partial charge in [0.1, 0.15) is 0 Å². The molecule has 1 unspecified atom stereocenters. The van der Waals surface area contributed by atoms with E-state index in [0.29, 0.717) is 23.9 Å². The third-order valence-electron chi connectivity index (χ3n) is 3.49. The van der Waals surface area contributed by atoms with E-state index in [1.165, 1.54) is 19.2 Å². The first-order valence-electron chi connectivity index (χ1n) is 6.64. The van der Waals surface area contributed by atoms with E-state index < -0.39 is 0 Å². The molecule has 0 bridgehead atoms. The summed E-state index contributed by atoms with van der Waals surface area (Å²) in [5, 5.41) is 6.60. The van der Waals surface area contributed by atoms with Gasteiger partial charge in [-0.25, -0.2) is 0 Å². The summed E-state index contributed by atoms with van der Waals surface area (Å²) >= 11 is 0. The fraction of sp³-hybridized carbons (Fsp3) is 0.357. The van der Waals surface area contributed by atoms with Crippen LogP contribution in [-0.4, -0.2) is 28.6 Å². The van der Waals surface area contributed by atoms with Crippen LogP contribution in [0.4, 0.5) is 0 Å². The minimum atomic E-state index is -0.110. The van der Waals surface area contributed by atoms with Crippen molar-refractivity contribution >= 4 is 5.91 Å². The minimum Gasteiger partial charge on any atom is -0.350 e. The van der Waals surface area contributed by atoms with Crippen LogP contribution in [-0.2, 0) is 0 Å². The Hall–Kier alpha value is -2.21. The van der Waals surface area contributed by atoms with Crippen molar-refractivity contribution in [2.24, 2.45) is 11.7 Å². The van der Waals surface area contributed by atoms with Gasteiger partial charge in [-0.3, -0.25) is 4.79 Å². The molecule has 104 valence electrons. The van der Waals surface area contributed by atoms with Gasteiger partial charge in [-0.15, -0.1) is 0 Å². The average molecular weight is 272 g/mol. The minimum absolute atomic E-state index is 0.0672. The highest BCUT2D eigenvalue weighted by Gasteiger charge is 2.28. The quantitative estimate of drug-likeness (QED) is 0.853. The second-order valence-corrected chi connectivity index (χ2v) is 5.04. The Morgan fingerprint density at radius 2 is 2.15 bits per heavy atom. The van der Waals surface area contributed by atoms with Gasteiger partial charge < -0.3 is 15.6 Å². The molecule has 3 N–H and O–H groups in total. The van der Waals surface area contributed by atoms with Gasteiger partial charge in [0.15, 0.2) is 0 Å². The highest BCUT2D eigenvalue weighted by Crippen LogP contribution is 2.31. The second kappa shape index (κ2) is 5.42. The lowest BCUT2D eigenvalue weighted by molar-refractivity contribution is 0.0950. The smallest absolute Gasteiger partial charge is 0.251 e. The van der Waals surface area contributed by atoms with E-state index in [1.54, 1.807) is 24.3 Å². The Bertz CT molecular complexity index is 576. The number of aromatic nitrogens is 2. The number of amides is 1. The van der Waals surface area contributed by atoms with Gasteiger partial charge >= 0.3 is 0 Å². The molecule has 6 heteroatoms. The number of carbonyl (C=O) groups excluding carboxylic acids is 1. The standard InChI is InChI=1S/C14H16N4O2/c15-12(9-1-2-9)7-16-14(19)11-5-3-10(4-6-11)13-17-8-20-18-13/h3-6,8-9,12H,1-2,7,15H2,(H,16,19). The molecule has 1 saturated carbocycles. The fourth-order valence-corrected chi connectivity index (χ4v) is 2.07. The molecular weight excluding hydrogens is 256 g/mol. The van der Waals surface area contributed by atoms with Crippen molar-refractivity contribution in [1.29, 1.82) is 0 Å². The molecule has 1 aromatic heterocycles. The Morgan fingerprint density at radius 3 is 2.75 bits per heavy atom. The summed E-state index contributed by atoms with van der Waals surface area (Å²) in [6, 6.07) is 7.13.